The first kappa shape index (κ1) is 31.4. The highest BCUT2D eigenvalue weighted by Gasteiger charge is 2.44. The van der Waals surface area contributed by atoms with Crippen molar-refractivity contribution in [3.8, 4) is 11.6 Å². The second-order valence-electron chi connectivity index (χ2n) is 10.1. The molecule has 0 saturated carbocycles. The molecular formula is C29H24ClF6N5O2S. The summed E-state index contributed by atoms with van der Waals surface area (Å²) in [6.07, 6.45) is -0.108. The van der Waals surface area contributed by atoms with E-state index in [1.165, 1.54) is 39.9 Å². The van der Waals surface area contributed by atoms with Gasteiger partial charge in [-0.1, -0.05) is 23.5 Å². The van der Waals surface area contributed by atoms with Crippen LogP contribution in [-0.4, -0.2) is 40.7 Å². The van der Waals surface area contributed by atoms with Gasteiger partial charge >= 0.3 is 6.18 Å². The number of benzene rings is 2. The van der Waals surface area contributed by atoms with Gasteiger partial charge in [-0.15, -0.1) is 0 Å². The van der Waals surface area contributed by atoms with E-state index in [1.54, 1.807) is 31.2 Å². The minimum atomic E-state index is -4.77. The van der Waals surface area contributed by atoms with Gasteiger partial charge in [0.15, 0.2) is 11.6 Å². The fourth-order valence-corrected chi connectivity index (χ4v) is 5.20. The van der Waals surface area contributed by atoms with Gasteiger partial charge in [-0.2, -0.15) is 13.2 Å². The van der Waals surface area contributed by atoms with E-state index in [4.69, 9.17) is 16.3 Å². The highest BCUT2D eigenvalue weighted by Crippen LogP contribution is 2.36. The van der Waals surface area contributed by atoms with Gasteiger partial charge in [0.1, 0.15) is 12.4 Å². The van der Waals surface area contributed by atoms with Crippen molar-refractivity contribution in [2.75, 3.05) is 34.3 Å². The molecule has 0 bridgehead atoms. The molecule has 4 aromatic rings. The number of nitrogens with one attached hydrogen (secondary N) is 2. The van der Waals surface area contributed by atoms with Gasteiger partial charge < -0.3 is 24.2 Å². The molecule has 2 N–H and O–H groups in total. The summed E-state index contributed by atoms with van der Waals surface area (Å²) in [5, 5.41) is 3.18. The summed E-state index contributed by atoms with van der Waals surface area (Å²) in [5.74, 6) is -4.28. The number of hydrogen-bond donors (Lipinski definition) is 2. The Morgan fingerprint density at radius 2 is 1.82 bits per heavy atom. The molecule has 7 nitrogen and oxygen atoms in total. The smallest absolute Gasteiger partial charge is 0.416 e. The predicted molar refractivity (Wildman–Crippen MR) is 158 cm³/mol. The largest absolute Gasteiger partial charge is 0.485 e. The quantitative estimate of drug-likeness (QED) is 0.141. The molecule has 2 aromatic heterocycles. The van der Waals surface area contributed by atoms with E-state index in [1.807, 2.05) is 6.26 Å². The summed E-state index contributed by atoms with van der Waals surface area (Å²) in [6, 6.07) is 10.0. The lowest BCUT2D eigenvalue weighted by atomic mass is 10.1. The second kappa shape index (κ2) is 12.2. The molecular weight excluding hydrogens is 632 g/mol. The predicted octanol–water partition coefficient (Wildman–Crippen LogP) is 7.97. The van der Waals surface area contributed by atoms with Crippen molar-refractivity contribution in [2.24, 2.45) is 0 Å². The van der Waals surface area contributed by atoms with Gasteiger partial charge in [0.25, 0.3) is 11.8 Å². The first-order valence-electron chi connectivity index (χ1n) is 12.9. The number of rotatable bonds is 9. The van der Waals surface area contributed by atoms with Crippen LogP contribution in [0, 0.1) is 12.7 Å². The van der Waals surface area contributed by atoms with Crippen LogP contribution in [-0.2, 0) is 12.8 Å². The molecule has 15 heteroatoms. The third-order valence-electron chi connectivity index (χ3n) is 6.59. The first-order chi connectivity index (χ1) is 20.7. The zero-order valence-corrected chi connectivity index (χ0v) is 24.7. The average molecular weight is 656 g/mol. The number of anilines is 3. The Bertz CT molecular complexity index is 1710. The van der Waals surface area contributed by atoms with Crippen molar-refractivity contribution >= 4 is 46.5 Å². The average Bonchev–Trinajstić information content (AvgIpc) is 3.31. The van der Waals surface area contributed by atoms with E-state index in [0.717, 1.165) is 12.1 Å². The molecule has 0 aliphatic carbocycles. The molecule has 0 spiro atoms. The normalized spacial score (nSPS) is 14.2. The number of ether oxygens (including phenoxy) is 1. The summed E-state index contributed by atoms with van der Waals surface area (Å²) in [5.41, 5.74) is 0.904. The van der Waals surface area contributed by atoms with E-state index in [0.29, 0.717) is 33.8 Å². The molecule has 1 aliphatic rings. The number of carbonyl (C=O) groups is 1. The SMILES string of the molecule is CSNc1cc(Cl)cc(NC(=O)c2cc(C)n(-c3ncc(N4CC(F)(F)C4)cc3OCc3cc(F)cc(C(F)(F)F)c3)c2)c1. The number of nitrogens with zero attached hydrogens (tertiary/aromatic N) is 3. The number of pyridine rings is 1. The fourth-order valence-electron chi connectivity index (χ4n) is 4.61. The molecule has 3 heterocycles. The number of alkyl halides is 5. The van der Waals surface area contributed by atoms with Gasteiger partial charge in [0, 0.05) is 40.6 Å². The molecule has 2 aromatic carbocycles. The summed E-state index contributed by atoms with van der Waals surface area (Å²) in [4.78, 5) is 18.9. The maximum absolute atomic E-state index is 14.0. The van der Waals surface area contributed by atoms with Gasteiger partial charge in [-0.25, -0.2) is 18.2 Å². The molecule has 0 radical (unpaired) electrons. The van der Waals surface area contributed by atoms with Crippen LogP contribution in [0.25, 0.3) is 5.82 Å². The number of amides is 1. The van der Waals surface area contributed by atoms with E-state index in [-0.39, 0.29) is 22.7 Å². The van der Waals surface area contributed by atoms with Crippen molar-refractivity contribution in [1.82, 2.24) is 9.55 Å². The zero-order chi connectivity index (χ0) is 31.8. The molecule has 232 valence electrons. The van der Waals surface area contributed by atoms with E-state index in [2.05, 4.69) is 15.0 Å². The van der Waals surface area contributed by atoms with Crippen LogP contribution in [0.15, 0.2) is 60.9 Å². The van der Waals surface area contributed by atoms with Crippen LogP contribution in [0.4, 0.5) is 43.4 Å². The van der Waals surface area contributed by atoms with Crippen LogP contribution in [0.3, 0.4) is 0 Å². The number of halogens is 7. The van der Waals surface area contributed by atoms with Gasteiger partial charge in [-0.05, 0) is 55.0 Å². The summed E-state index contributed by atoms with van der Waals surface area (Å²) < 4.78 is 91.2. The summed E-state index contributed by atoms with van der Waals surface area (Å²) in [6.45, 7) is 0.117. The van der Waals surface area contributed by atoms with Crippen LogP contribution in [0.2, 0.25) is 5.02 Å². The topological polar surface area (TPSA) is 71.4 Å². The van der Waals surface area contributed by atoms with Crippen LogP contribution in [0.1, 0.15) is 27.2 Å². The minimum Gasteiger partial charge on any atom is -0.485 e. The van der Waals surface area contributed by atoms with Crippen LogP contribution < -0.4 is 19.7 Å². The fraction of sp³-hybridized carbons (Fsp3) is 0.241. The van der Waals surface area contributed by atoms with Crippen molar-refractivity contribution < 1.29 is 35.9 Å². The summed E-state index contributed by atoms with van der Waals surface area (Å²) >= 11 is 7.52. The van der Waals surface area contributed by atoms with Crippen LogP contribution in [0.5, 0.6) is 5.75 Å². The Hall–Kier alpha value is -4.04. The molecule has 1 amide bonds. The maximum atomic E-state index is 14.0. The minimum absolute atomic E-state index is 0.0174. The van der Waals surface area contributed by atoms with Crippen LogP contribution >= 0.6 is 23.5 Å². The van der Waals surface area contributed by atoms with E-state index in [9.17, 15) is 31.1 Å². The van der Waals surface area contributed by atoms with E-state index >= 15 is 0 Å². The Labute approximate surface area is 257 Å². The molecule has 1 saturated heterocycles. The number of aromatic nitrogens is 2. The second-order valence-corrected chi connectivity index (χ2v) is 11.1. The van der Waals surface area contributed by atoms with Crippen molar-refractivity contribution in [3.63, 3.8) is 0 Å². The standard InChI is InChI=1S/C29H24ClF6N5O2S/c1-16-3-18(27(42)38-22-7-20(30)8-23(9-22)39-44-2)12-41(16)26-25(10-24(11-37-26)40-14-28(32,33)15-40)43-13-17-4-19(29(34,35)36)6-21(31)5-17/h3-12,39H,13-15H2,1-2H3,(H,38,42). The van der Waals surface area contributed by atoms with Crippen molar-refractivity contribution in [2.45, 2.75) is 25.6 Å². The Kier molecular flexibility index (Phi) is 8.67. The monoisotopic (exact) mass is 655 g/mol. The number of carbonyl (C=O) groups excluding carboxylic acids is 1. The third kappa shape index (κ3) is 7.18. The Morgan fingerprint density at radius 1 is 1.09 bits per heavy atom. The lowest BCUT2D eigenvalue weighted by Crippen LogP contribution is -2.56. The van der Waals surface area contributed by atoms with E-state index < -0.39 is 49.1 Å². The molecule has 0 atom stereocenters. The number of aryl methyl sites for hydroxylation is 1. The van der Waals surface area contributed by atoms with Crippen molar-refractivity contribution in [3.05, 3.63) is 94.1 Å². The van der Waals surface area contributed by atoms with Gasteiger partial charge in [0.05, 0.1) is 36.1 Å². The first-order valence-corrected chi connectivity index (χ1v) is 14.5. The van der Waals surface area contributed by atoms with Crippen molar-refractivity contribution in [1.29, 1.82) is 0 Å². The lowest BCUT2D eigenvalue weighted by molar-refractivity contribution is -0.137. The Morgan fingerprint density at radius 3 is 2.50 bits per heavy atom. The van der Waals surface area contributed by atoms with Gasteiger partial charge in [-0.3, -0.25) is 4.79 Å². The molecule has 1 aliphatic heterocycles. The van der Waals surface area contributed by atoms with Gasteiger partial charge in [0.2, 0.25) is 0 Å². The third-order valence-corrected chi connectivity index (χ3v) is 7.24. The summed E-state index contributed by atoms with van der Waals surface area (Å²) in [7, 11) is 0. The Balaban J connectivity index is 1.44. The molecule has 5 rings (SSSR count). The zero-order valence-electron chi connectivity index (χ0n) is 23.1. The lowest BCUT2D eigenvalue weighted by Gasteiger charge is -2.40. The maximum Gasteiger partial charge on any atom is 0.416 e. The molecule has 1 fully saturated rings. The highest BCUT2D eigenvalue weighted by molar-refractivity contribution is 7.99. The molecule has 44 heavy (non-hydrogen) atoms. The number of hydrogen-bond acceptors (Lipinski definition) is 6. The highest BCUT2D eigenvalue weighted by atomic mass is 35.5. The molecule has 0 unspecified atom stereocenters.